The zero-order valence-corrected chi connectivity index (χ0v) is 18.6. The second-order valence-electron chi connectivity index (χ2n) is 8.35. The topological polar surface area (TPSA) is 66.0 Å². The Morgan fingerprint density at radius 1 is 0.938 bits per heavy atom. The molecule has 0 bridgehead atoms. The van der Waals surface area contributed by atoms with Crippen LogP contribution in [0.25, 0.3) is 10.9 Å². The first-order chi connectivity index (χ1) is 15.7. The van der Waals surface area contributed by atoms with Crippen molar-refractivity contribution in [2.45, 2.75) is 20.3 Å². The number of aromatic nitrogens is 3. The maximum Gasteiger partial charge on any atom is 0.137 e. The SMILES string of the molecule is Cc1cnc(Cc2ccc(N3CCNCC3)cc2)nc1Nc1ccnc2c(C)cccc12. The molecule has 6 heteroatoms. The van der Waals surface area contributed by atoms with Gasteiger partial charge in [-0.1, -0.05) is 30.3 Å². The Morgan fingerprint density at radius 3 is 2.56 bits per heavy atom. The van der Waals surface area contributed by atoms with Crippen molar-refractivity contribution in [1.29, 1.82) is 0 Å². The Hall–Kier alpha value is -3.51. The first-order valence-corrected chi connectivity index (χ1v) is 11.2. The van der Waals surface area contributed by atoms with Gasteiger partial charge in [-0.3, -0.25) is 4.98 Å². The molecule has 1 aliphatic rings. The number of anilines is 3. The van der Waals surface area contributed by atoms with Gasteiger partial charge in [-0.2, -0.15) is 0 Å². The summed E-state index contributed by atoms with van der Waals surface area (Å²) in [6.45, 7) is 8.31. The molecule has 0 unspecified atom stereocenters. The molecule has 0 saturated carbocycles. The predicted octanol–water partition coefficient (Wildman–Crippen LogP) is 4.39. The lowest BCUT2D eigenvalue weighted by atomic mass is 10.1. The van der Waals surface area contributed by atoms with Gasteiger partial charge in [0.15, 0.2) is 0 Å². The summed E-state index contributed by atoms with van der Waals surface area (Å²) in [7, 11) is 0. The van der Waals surface area contributed by atoms with Gasteiger partial charge in [0.2, 0.25) is 0 Å². The van der Waals surface area contributed by atoms with E-state index in [1.165, 1.54) is 11.3 Å². The fraction of sp³-hybridized carbons (Fsp3) is 0.269. The van der Waals surface area contributed by atoms with E-state index in [9.17, 15) is 0 Å². The molecule has 32 heavy (non-hydrogen) atoms. The number of hydrogen-bond donors (Lipinski definition) is 2. The monoisotopic (exact) mass is 424 g/mol. The molecule has 2 aromatic heterocycles. The number of aryl methyl sites for hydroxylation is 2. The highest BCUT2D eigenvalue weighted by Gasteiger charge is 2.11. The molecule has 1 aliphatic heterocycles. The molecule has 0 aliphatic carbocycles. The molecule has 1 fully saturated rings. The van der Waals surface area contributed by atoms with Crippen molar-refractivity contribution < 1.29 is 0 Å². The van der Waals surface area contributed by atoms with Crippen molar-refractivity contribution >= 4 is 28.1 Å². The molecule has 3 heterocycles. The number of nitrogens with zero attached hydrogens (tertiary/aromatic N) is 4. The van der Waals surface area contributed by atoms with Crippen LogP contribution in [0.4, 0.5) is 17.2 Å². The second-order valence-corrected chi connectivity index (χ2v) is 8.35. The number of pyridine rings is 1. The molecule has 1 saturated heterocycles. The summed E-state index contributed by atoms with van der Waals surface area (Å²) in [5.74, 6) is 1.64. The largest absolute Gasteiger partial charge is 0.369 e. The number of hydrogen-bond acceptors (Lipinski definition) is 6. The Balaban J connectivity index is 1.36. The third kappa shape index (κ3) is 4.27. The van der Waals surface area contributed by atoms with Gasteiger partial charge in [-0.25, -0.2) is 9.97 Å². The quantitative estimate of drug-likeness (QED) is 0.495. The molecule has 162 valence electrons. The van der Waals surface area contributed by atoms with E-state index < -0.39 is 0 Å². The van der Waals surface area contributed by atoms with Crippen LogP contribution in [0.5, 0.6) is 0 Å². The average molecular weight is 425 g/mol. The molecule has 4 aromatic rings. The molecule has 0 radical (unpaired) electrons. The van der Waals surface area contributed by atoms with E-state index in [4.69, 9.17) is 4.98 Å². The molecule has 5 rings (SSSR count). The first kappa shape index (κ1) is 20.4. The minimum absolute atomic E-state index is 0.701. The van der Waals surface area contributed by atoms with Crippen LogP contribution < -0.4 is 15.5 Å². The summed E-state index contributed by atoms with van der Waals surface area (Å²) >= 11 is 0. The molecule has 0 amide bonds. The van der Waals surface area contributed by atoms with Gasteiger partial charge >= 0.3 is 0 Å². The zero-order valence-electron chi connectivity index (χ0n) is 18.6. The first-order valence-electron chi connectivity index (χ1n) is 11.2. The lowest BCUT2D eigenvalue weighted by molar-refractivity contribution is 0.589. The fourth-order valence-corrected chi connectivity index (χ4v) is 4.18. The van der Waals surface area contributed by atoms with Crippen LogP contribution in [-0.2, 0) is 6.42 Å². The molecule has 6 nitrogen and oxygen atoms in total. The highest BCUT2D eigenvalue weighted by Crippen LogP contribution is 2.27. The van der Waals surface area contributed by atoms with Crippen molar-refractivity contribution in [3.8, 4) is 0 Å². The lowest BCUT2D eigenvalue weighted by Crippen LogP contribution is -2.43. The summed E-state index contributed by atoms with van der Waals surface area (Å²) in [6, 6.07) is 17.0. The van der Waals surface area contributed by atoms with Crippen molar-refractivity contribution in [3.05, 3.63) is 83.4 Å². The number of para-hydroxylation sites is 1. The van der Waals surface area contributed by atoms with E-state index in [2.05, 4.69) is 74.9 Å². The highest BCUT2D eigenvalue weighted by atomic mass is 15.2. The van der Waals surface area contributed by atoms with Gasteiger partial charge in [-0.05, 0) is 43.2 Å². The molecular formula is C26H28N6. The summed E-state index contributed by atoms with van der Waals surface area (Å²) in [4.78, 5) is 16.4. The van der Waals surface area contributed by atoms with E-state index in [0.717, 1.165) is 65.5 Å². The number of rotatable bonds is 5. The van der Waals surface area contributed by atoms with Crippen molar-refractivity contribution in [2.24, 2.45) is 0 Å². The van der Waals surface area contributed by atoms with Gasteiger partial charge in [0.05, 0.1) is 11.2 Å². The molecule has 0 spiro atoms. The Labute approximate surface area is 188 Å². The van der Waals surface area contributed by atoms with Gasteiger partial charge < -0.3 is 15.5 Å². The predicted molar refractivity (Wildman–Crippen MR) is 131 cm³/mol. The van der Waals surface area contributed by atoms with Crippen LogP contribution in [0.3, 0.4) is 0 Å². The zero-order chi connectivity index (χ0) is 21.9. The fourth-order valence-electron chi connectivity index (χ4n) is 4.18. The van der Waals surface area contributed by atoms with Gasteiger partial charge in [0.1, 0.15) is 11.6 Å². The van der Waals surface area contributed by atoms with E-state index in [1.807, 2.05) is 25.4 Å². The summed E-state index contributed by atoms with van der Waals surface area (Å²) in [5.41, 5.74) is 6.68. The highest BCUT2D eigenvalue weighted by molar-refractivity contribution is 5.94. The van der Waals surface area contributed by atoms with Gasteiger partial charge in [-0.15, -0.1) is 0 Å². The molecule has 2 N–H and O–H groups in total. The number of fused-ring (bicyclic) bond motifs is 1. The van der Waals surface area contributed by atoms with E-state index in [0.29, 0.717) is 6.42 Å². The maximum atomic E-state index is 4.84. The number of nitrogens with one attached hydrogen (secondary N) is 2. The minimum atomic E-state index is 0.701. The Kier molecular flexibility index (Phi) is 5.69. The Morgan fingerprint density at radius 2 is 1.75 bits per heavy atom. The Bertz CT molecular complexity index is 1230. The van der Waals surface area contributed by atoms with Gasteiger partial charge in [0, 0.05) is 61.6 Å². The maximum absolute atomic E-state index is 4.84. The van der Waals surface area contributed by atoms with Crippen LogP contribution in [-0.4, -0.2) is 41.1 Å². The van der Waals surface area contributed by atoms with Crippen LogP contribution in [0.2, 0.25) is 0 Å². The van der Waals surface area contributed by atoms with E-state index in [-0.39, 0.29) is 0 Å². The molecule has 2 aromatic carbocycles. The summed E-state index contributed by atoms with van der Waals surface area (Å²) in [6.07, 6.45) is 4.44. The van der Waals surface area contributed by atoms with Crippen LogP contribution in [0, 0.1) is 13.8 Å². The van der Waals surface area contributed by atoms with Crippen LogP contribution in [0.15, 0.2) is 60.9 Å². The average Bonchev–Trinajstić information content (AvgIpc) is 2.83. The third-order valence-electron chi connectivity index (χ3n) is 6.03. The smallest absolute Gasteiger partial charge is 0.137 e. The molecular weight excluding hydrogens is 396 g/mol. The van der Waals surface area contributed by atoms with E-state index in [1.54, 1.807) is 0 Å². The second kappa shape index (κ2) is 8.93. The van der Waals surface area contributed by atoms with Crippen LogP contribution in [0.1, 0.15) is 22.5 Å². The van der Waals surface area contributed by atoms with E-state index >= 15 is 0 Å². The number of piperazine rings is 1. The van der Waals surface area contributed by atoms with Crippen molar-refractivity contribution in [3.63, 3.8) is 0 Å². The lowest BCUT2D eigenvalue weighted by Gasteiger charge is -2.29. The minimum Gasteiger partial charge on any atom is -0.369 e. The normalized spacial score (nSPS) is 14.0. The van der Waals surface area contributed by atoms with Crippen LogP contribution >= 0.6 is 0 Å². The third-order valence-corrected chi connectivity index (χ3v) is 6.03. The molecule has 0 atom stereocenters. The van der Waals surface area contributed by atoms with Gasteiger partial charge in [0.25, 0.3) is 0 Å². The summed E-state index contributed by atoms with van der Waals surface area (Å²) in [5, 5.41) is 8.01. The number of benzene rings is 2. The van der Waals surface area contributed by atoms with Crippen molar-refractivity contribution in [2.75, 3.05) is 36.4 Å². The standard InChI is InChI=1S/C26H28N6/c1-18-4-3-5-22-23(10-11-28-25(18)22)30-26-19(2)17-29-24(31-26)16-20-6-8-21(9-7-20)32-14-12-27-13-15-32/h3-11,17,27H,12-16H2,1-2H3,(H,28,29,30,31). The van der Waals surface area contributed by atoms with Crippen molar-refractivity contribution in [1.82, 2.24) is 20.3 Å². The summed E-state index contributed by atoms with van der Waals surface area (Å²) < 4.78 is 0.